The molecule has 0 radical (unpaired) electrons. The van der Waals surface area contributed by atoms with E-state index in [1.165, 1.54) is 43.3 Å². The molecule has 0 spiro atoms. The van der Waals surface area contributed by atoms with Gasteiger partial charge in [-0.25, -0.2) is 9.07 Å². The van der Waals surface area contributed by atoms with Crippen molar-refractivity contribution in [3.63, 3.8) is 0 Å². The minimum atomic E-state index is -5.34. The first kappa shape index (κ1) is 32.5. The summed E-state index contributed by atoms with van der Waals surface area (Å²) >= 11 is 6.10. The number of hydrogen-bond donors (Lipinski definition) is 0. The summed E-state index contributed by atoms with van der Waals surface area (Å²) in [7, 11) is -5.34. The first-order valence-electron chi connectivity index (χ1n) is 9.35. The summed E-state index contributed by atoms with van der Waals surface area (Å²) in [4.78, 5) is 33.6. The van der Waals surface area contributed by atoms with Gasteiger partial charge >= 0.3 is 59.1 Å². The van der Waals surface area contributed by atoms with Crippen LogP contribution < -0.4 is 79.2 Å². The minimum absolute atomic E-state index is 0. The number of phosphoric ester groups is 1. The molecule has 1 aromatic heterocycles. The molecular formula is C21H13ClFN4Na2O6P. The van der Waals surface area contributed by atoms with Crippen LogP contribution >= 0.6 is 19.4 Å². The van der Waals surface area contributed by atoms with E-state index in [2.05, 4.69) is 9.62 Å². The van der Waals surface area contributed by atoms with Gasteiger partial charge in [-0.1, -0.05) is 17.7 Å². The van der Waals surface area contributed by atoms with Gasteiger partial charge in [0, 0.05) is 12.0 Å². The van der Waals surface area contributed by atoms with Crippen molar-refractivity contribution < 1.29 is 87.1 Å². The fourth-order valence-corrected chi connectivity index (χ4v) is 3.38. The van der Waals surface area contributed by atoms with Crippen LogP contribution in [-0.4, -0.2) is 9.78 Å². The van der Waals surface area contributed by atoms with Crippen LogP contribution in [0.5, 0.6) is 11.5 Å². The van der Waals surface area contributed by atoms with E-state index < -0.39 is 25.9 Å². The van der Waals surface area contributed by atoms with Crippen molar-refractivity contribution in [1.82, 2.24) is 9.78 Å². The zero-order valence-corrected chi connectivity index (χ0v) is 25.0. The van der Waals surface area contributed by atoms with Crippen LogP contribution in [0.4, 0.5) is 4.39 Å². The molecule has 0 bridgehead atoms. The molecule has 3 rings (SSSR count). The van der Waals surface area contributed by atoms with Crippen LogP contribution in [0.3, 0.4) is 0 Å². The number of nitriles is 2. The molecule has 0 unspecified atom stereocenters. The van der Waals surface area contributed by atoms with Crippen molar-refractivity contribution >= 4 is 19.4 Å². The maximum absolute atomic E-state index is 15.3. The van der Waals surface area contributed by atoms with E-state index in [1.54, 1.807) is 0 Å². The molecule has 0 aliphatic rings. The van der Waals surface area contributed by atoms with Gasteiger partial charge in [0.25, 0.3) is 5.56 Å². The molecule has 0 N–H and O–H groups in total. The van der Waals surface area contributed by atoms with Crippen LogP contribution in [0.2, 0.25) is 5.02 Å². The van der Waals surface area contributed by atoms with E-state index >= 15 is 4.39 Å². The Hall–Kier alpha value is -1.57. The molecular weight excluding hydrogens is 536 g/mol. The fourth-order valence-electron chi connectivity index (χ4n) is 2.95. The summed E-state index contributed by atoms with van der Waals surface area (Å²) in [5.74, 6) is -1.19. The van der Waals surface area contributed by atoms with Crippen LogP contribution in [0.25, 0.3) is 0 Å². The van der Waals surface area contributed by atoms with E-state index in [0.29, 0.717) is 4.68 Å². The van der Waals surface area contributed by atoms with Gasteiger partial charge in [-0.05, 0) is 42.8 Å². The van der Waals surface area contributed by atoms with Gasteiger partial charge in [0.15, 0.2) is 11.6 Å². The van der Waals surface area contributed by atoms with Gasteiger partial charge in [0.1, 0.15) is 12.5 Å². The third-order valence-electron chi connectivity index (χ3n) is 4.43. The van der Waals surface area contributed by atoms with Crippen LogP contribution in [0.15, 0.2) is 41.2 Å². The quantitative estimate of drug-likeness (QED) is 0.213. The van der Waals surface area contributed by atoms with Crippen molar-refractivity contribution in [2.75, 3.05) is 0 Å². The van der Waals surface area contributed by atoms with E-state index in [0.717, 1.165) is 0 Å². The summed E-state index contributed by atoms with van der Waals surface area (Å²) in [5.41, 5.74) is -0.0458. The number of phosphoric acid groups is 1. The normalized spacial score (nSPS) is 10.4. The van der Waals surface area contributed by atoms with Crippen LogP contribution in [0, 0.1) is 35.4 Å². The predicted octanol–water partition coefficient (Wildman–Crippen LogP) is -3.72. The van der Waals surface area contributed by atoms with Crippen LogP contribution in [-0.2, 0) is 22.2 Å². The molecule has 0 saturated carbocycles. The van der Waals surface area contributed by atoms with Gasteiger partial charge in [0.05, 0.1) is 41.8 Å². The van der Waals surface area contributed by atoms with Crippen molar-refractivity contribution in [3.8, 4) is 23.6 Å². The summed E-state index contributed by atoms with van der Waals surface area (Å²) < 4.78 is 36.3. The Balaban J connectivity index is 0.00000324. The first-order valence-corrected chi connectivity index (χ1v) is 11.2. The largest absolute Gasteiger partial charge is 1.00 e. The molecule has 2 aromatic carbocycles. The SMILES string of the molecule is Cc1cc(Cc2ccc(Cl)c(Oc3cc(C#N)cc(C#N)c3)c2F)nn(COP(=O)([O-])[O-])c1=O.[Na+].[Na+]. The summed E-state index contributed by atoms with van der Waals surface area (Å²) in [6, 6.07) is 11.8. The molecule has 0 aliphatic carbocycles. The van der Waals surface area contributed by atoms with Gasteiger partial charge < -0.3 is 23.6 Å². The fraction of sp³-hybridized carbons (Fsp3) is 0.143. The number of rotatable bonds is 7. The van der Waals surface area contributed by atoms with E-state index in [-0.39, 0.29) is 110 Å². The molecule has 0 atom stereocenters. The second-order valence-corrected chi connectivity index (χ2v) is 8.49. The predicted molar refractivity (Wildman–Crippen MR) is 112 cm³/mol. The van der Waals surface area contributed by atoms with Crippen molar-refractivity contribution in [2.24, 2.45) is 0 Å². The number of ether oxygens (including phenoxy) is 1. The average molecular weight is 549 g/mol. The Labute approximate surface area is 254 Å². The maximum atomic E-state index is 15.3. The zero-order chi connectivity index (χ0) is 25.0. The standard InChI is InChI=1S/C21H15ClFN4O6P.2Na/c1-12-4-16(26-27(21(12)28)11-32-34(29,30)31)8-15-2-3-18(22)20(19(15)23)33-17-6-13(9-24)5-14(7-17)10-25;;/h2-7H,8,11H2,1H3,(H2,29,30,31);;/q;2*+1/p-2. The van der Waals surface area contributed by atoms with Crippen molar-refractivity contribution in [3.05, 3.63) is 85.5 Å². The maximum Gasteiger partial charge on any atom is 1.00 e. The smallest absolute Gasteiger partial charge is 0.790 e. The third-order valence-corrected chi connectivity index (χ3v) is 5.16. The third kappa shape index (κ3) is 8.49. The number of nitrogens with zero attached hydrogens (tertiary/aromatic N) is 4. The molecule has 15 heteroatoms. The molecule has 36 heavy (non-hydrogen) atoms. The Morgan fingerprint density at radius 2 is 1.75 bits per heavy atom. The van der Waals surface area contributed by atoms with Crippen molar-refractivity contribution in [2.45, 2.75) is 20.1 Å². The molecule has 0 amide bonds. The Bertz CT molecular complexity index is 1440. The average Bonchev–Trinajstić information content (AvgIpc) is 2.79. The molecule has 0 saturated heterocycles. The molecule has 1 heterocycles. The van der Waals surface area contributed by atoms with Gasteiger partial charge in [-0.2, -0.15) is 15.6 Å². The molecule has 0 fully saturated rings. The van der Waals surface area contributed by atoms with Gasteiger partial charge in [0.2, 0.25) is 0 Å². The Morgan fingerprint density at radius 1 is 1.14 bits per heavy atom. The van der Waals surface area contributed by atoms with Crippen LogP contribution in [0.1, 0.15) is 27.9 Å². The number of hydrogen-bond acceptors (Lipinski definition) is 9. The van der Waals surface area contributed by atoms with Gasteiger partial charge in [-0.15, -0.1) is 0 Å². The monoisotopic (exact) mass is 548 g/mol. The van der Waals surface area contributed by atoms with Gasteiger partial charge in [-0.3, -0.25) is 4.79 Å². The summed E-state index contributed by atoms with van der Waals surface area (Å²) in [5, 5.41) is 22.1. The van der Waals surface area contributed by atoms with Crippen molar-refractivity contribution in [1.29, 1.82) is 10.5 Å². The number of aromatic nitrogens is 2. The molecule has 10 nitrogen and oxygen atoms in total. The molecule has 174 valence electrons. The Kier molecular flexibility index (Phi) is 12.5. The van der Waals surface area contributed by atoms with E-state index in [9.17, 15) is 19.1 Å². The zero-order valence-electron chi connectivity index (χ0n) is 19.3. The number of halogens is 2. The minimum Gasteiger partial charge on any atom is -0.790 e. The summed E-state index contributed by atoms with van der Waals surface area (Å²) in [6.07, 6.45) is -0.158. The second-order valence-electron chi connectivity index (χ2n) is 6.93. The Morgan fingerprint density at radius 3 is 2.31 bits per heavy atom. The summed E-state index contributed by atoms with van der Waals surface area (Å²) in [6.45, 7) is 0.505. The number of aryl methyl sites for hydroxylation is 1. The molecule has 0 aliphatic heterocycles. The second kappa shape index (κ2) is 13.8. The number of benzene rings is 2. The first-order chi connectivity index (χ1) is 16.0. The molecule has 3 aromatic rings. The van der Waals surface area contributed by atoms with E-state index in [4.69, 9.17) is 26.9 Å². The topological polar surface area (TPSA) is 164 Å². The van der Waals surface area contributed by atoms with E-state index in [1.807, 2.05) is 12.1 Å².